The van der Waals surface area contributed by atoms with Crippen LogP contribution in [0.3, 0.4) is 0 Å². The molecule has 0 spiro atoms. The molecule has 4 nitrogen and oxygen atoms in total. The van der Waals surface area contributed by atoms with E-state index in [1.54, 1.807) is 6.07 Å². The van der Waals surface area contributed by atoms with Gasteiger partial charge >= 0.3 is 5.97 Å². The van der Waals surface area contributed by atoms with Crippen LogP contribution in [-0.4, -0.2) is 42.2 Å². The van der Waals surface area contributed by atoms with Crippen molar-refractivity contribution in [2.24, 2.45) is 11.8 Å². The molecule has 1 heterocycles. The van der Waals surface area contributed by atoms with Crippen molar-refractivity contribution in [1.29, 1.82) is 0 Å². The van der Waals surface area contributed by atoms with Crippen LogP contribution >= 0.6 is 11.3 Å². The van der Waals surface area contributed by atoms with Crippen LogP contribution in [0.1, 0.15) is 42.2 Å². The maximum atomic E-state index is 10.8. The number of nitrogens with zero attached hydrogens (tertiary/aromatic N) is 1. The fourth-order valence-electron chi connectivity index (χ4n) is 2.33. The van der Waals surface area contributed by atoms with Crippen molar-refractivity contribution in [2.45, 2.75) is 34.2 Å². The number of nitrogens with one attached hydrogen (secondary N) is 1. The first-order valence-electron chi connectivity index (χ1n) is 7.63. The summed E-state index contributed by atoms with van der Waals surface area (Å²) in [5, 5.41) is 12.3. The summed E-state index contributed by atoms with van der Waals surface area (Å²) in [6.07, 6.45) is 0. The first-order valence-corrected chi connectivity index (χ1v) is 8.45. The molecule has 120 valence electrons. The van der Waals surface area contributed by atoms with Crippen LogP contribution in [0.25, 0.3) is 0 Å². The van der Waals surface area contributed by atoms with Crippen LogP contribution in [0.5, 0.6) is 0 Å². The van der Waals surface area contributed by atoms with Crippen LogP contribution < -0.4 is 5.32 Å². The van der Waals surface area contributed by atoms with Crippen molar-refractivity contribution in [2.75, 3.05) is 26.2 Å². The third-order valence-corrected chi connectivity index (χ3v) is 4.10. The minimum Gasteiger partial charge on any atom is -0.477 e. The monoisotopic (exact) mass is 312 g/mol. The van der Waals surface area contributed by atoms with Crippen molar-refractivity contribution < 1.29 is 9.90 Å². The molecule has 0 atom stereocenters. The molecule has 1 aromatic rings. The first kappa shape index (κ1) is 18.1. The SMILES string of the molecule is CC(C)CN(CCNCc1ccc(C(=O)O)s1)CC(C)C. The van der Waals surface area contributed by atoms with Gasteiger partial charge in [0.2, 0.25) is 0 Å². The van der Waals surface area contributed by atoms with E-state index in [0.29, 0.717) is 16.7 Å². The minimum absolute atomic E-state index is 0.410. The zero-order valence-electron chi connectivity index (χ0n) is 13.6. The van der Waals surface area contributed by atoms with Crippen molar-refractivity contribution >= 4 is 17.3 Å². The van der Waals surface area contributed by atoms with Gasteiger partial charge in [0.1, 0.15) is 4.88 Å². The van der Waals surface area contributed by atoms with Gasteiger partial charge in [-0.3, -0.25) is 0 Å². The molecule has 0 aromatic carbocycles. The van der Waals surface area contributed by atoms with E-state index in [4.69, 9.17) is 5.11 Å². The number of thiophene rings is 1. The largest absolute Gasteiger partial charge is 0.477 e. The molecule has 0 radical (unpaired) electrons. The quantitative estimate of drug-likeness (QED) is 0.652. The van der Waals surface area contributed by atoms with E-state index in [0.717, 1.165) is 37.6 Å². The molecule has 0 aliphatic carbocycles. The van der Waals surface area contributed by atoms with Gasteiger partial charge in [0.15, 0.2) is 0 Å². The Morgan fingerprint density at radius 2 is 1.86 bits per heavy atom. The Hall–Kier alpha value is -0.910. The summed E-state index contributed by atoms with van der Waals surface area (Å²) in [5.41, 5.74) is 0. The third-order valence-electron chi connectivity index (χ3n) is 3.02. The lowest BCUT2D eigenvalue weighted by atomic mass is 10.1. The van der Waals surface area contributed by atoms with Gasteiger partial charge in [-0.05, 0) is 24.0 Å². The summed E-state index contributed by atoms with van der Waals surface area (Å²) in [6.45, 7) is 14.0. The normalized spacial score (nSPS) is 11.8. The molecule has 0 aliphatic heterocycles. The first-order chi connectivity index (χ1) is 9.88. The van der Waals surface area contributed by atoms with Gasteiger partial charge in [0.05, 0.1) is 0 Å². The molecule has 0 saturated heterocycles. The molecule has 0 amide bonds. The van der Waals surface area contributed by atoms with E-state index >= 15 is 0 Å². The second kappa shape index (κ2) is 9.18. The predicted molar refractivity (Wildman–Crippen MR) is 89.1 cm³/mol. The molecular weight excluding hydrogens is 284 g/mol. The highest BCUT2D eigenvalue weighted by atomic mass is 32.1. The number of carbonyl (C=O) groups is 1. The average molecular weight is 312 g/mol. The molecule has 0 aliphatic rings. The summed E-state index contributed by atoms with van der Waals surface area (Å²) >= 11 is 1.35. The van der Waals surface area contributed by atoms with Crippen molar-refractivity contribution in [3.63, 3.8) is 0 Å². The summed E-state index contributed by atoms with van der Waals surface area (Å²) in [7, 11) is 0. The molecule has 0 saturated carbocycles. The molecule has 5 heteroatoms. The standard InChI is InChI=1S/C16H28N2O2S/c1-12(2)10-18(11-13(3)4)8-7-17-9-14-5-6-15(21-14)16(19)20/h5-6,12-13,17H,7-11H2,1-4H3,(H,19,20). The lowest BCUT2D eigenvalue weighted by molar-refractivity contribution is 0.0702. The Morgan fingerprint density at radius 1 is 1.24 bits per heavy atom. The fraction of sp³-hybridized carbons (Fsp3) is 0.688. The van der Waals surface area contributed by atoms with E-state index < -0.39 is 5.97 Å². The minimum atomic E-state index is -0.841. The fourth-order valence-corrected chi connectivity index (χ4v) is 3.14. The number of aromatic carboxylic acids is 1. The van der Waals surface area contributed by atoms with E-state index in [1.165, 1.54) is 11.3 Å². The zero-order chi connectivity index (χ0) is 15.8. The molecule has 21 heavy (non-hydrogen) atoms. The molecule has 2 N–H and O–H groups in total. The van der Waals surface area contributed by atoms with E-state index in [9.17, 15) is 4.79 Å². The zero-order valence-corrected chi connectivity index (χ0v) is 14.4. The number of hydrogen-bond acceptors (Lipinski definition) is 4. The number of hydrogen-bond donors (Lipinski definition) is 2. The Kier molecular flexibility index (Phi) is 7.93. The maximum absolute atomic E-state index is 10.8. The lowest BCUT2D eigenvalue weighted by Crippen LogP contribution is -2.36. The van der Waals surface area contributed by atoms with Crippen LogP contribution in [0.4, 0.5) is 0 Å². The maximum Gasteiger partial charge on any atom is 0.345 e. The summed E-state index contributed by atoms with van der Waals surface area (Å²) in [6, 6.07) is 3.56. The van der Waals surface area contributed by atoms with Gasteiger partial charge in [-0.15, -0.1) is 11.3 Å². The molecule has 1 aromatic heterocycles. The predicted octanol–water partition coefficient (Wildman–Crippen LogP) is 3.15. The summed E-state index contributed by atoms with van der Waals surface area (Å²) in [5.74, 6) is 0.518. The highest BCUT2D eigenvalue weighted by Crippen LogP contribution is 2.15. The highest BCUT2D eigenvalue weighted by Gasteiger charge is 2.09. The Morgan fingerprint density at radius 3 is 2.33 bits per heavy atom. The molecular formula is C16H28N2O2S. The Balaban J connectivity index is 2.30. The smallest absolute Gasteiger partial charge is 0.345 e. The van der Waals surface area contributed by atoms with Gasteiger partial charge in [0, 0.05) is 37.6 Å². The summed E-state index contributed by atoms with van der Waals surface area (Å²) < 4.78 is 0. The van der Waals surface area contributed by atoms with Crippen LogP contribution in [0.15, 0.2) is 12.1 Å². The lowest BCUT2D eigenvalue weighted by Gasteiger charge is -2.26. The van der Waals surface area contributed by atoms with Crippen LogP contribution in [0, 0.1) is 11.8 Å². The number of carboxylic acid groups (broad SMARTS) is 1. The van der Waals surface area contributed by atoms with E-state index in [2.05, 4.69) is 37.9 Å². The van der Waals surface area contributed by atoms with Crippen LogP contribution in [0.2, 0.25) is 0 Å². The van der Waals surface area contributed by atoms with Gasteiger partial charge in [-0.2, -0.15) is 0 Å². The molecule has 0 bridgehead atoms. The van der Waals surface area contributed by atoms with Gasteiger partial charge in [-0.1, -0.05) is 27.7 Å². The highest BCUT2D eigenvalue weighted by molar-refractivity contribution is 7.13. The van der Waals surface area contributed by atoms with E-state index in [-0.39, 0.29) is 0 Å². The molecule has 0 fully saturated rings. The average Bonchev–Trinajstić information content (AvgIpc) is 2.81. The third kappa shape index (κ3) is 7.60. The Labute approximate surface area is 132 Å². The second-order valence-electron chi connectivity index (χ2n) is 6.30. The van der Waals surface area contributed by atoms with Crippen LogP contribution in [-0.2, 0) is 6.54 Å². The molecule has 0 unspecified atom stereocenters. The van der Waals surface area contributed by atoms with Gasteiger partial charge in [0.25, 0.3) is 0 Å². The number of rotatable bonds is 10. The van der Waals surface area contributed by atoms with E-state index in [1.807, 2.05) is 6.07 Å². The molecule has 1 rings (SSSR count). The number of carboxylic acids is 1. The second-order valence-corrected chi connectivity index (χ2v) is 7.46. The summed E-state index contributed by atoms with van der Waals surface area (Å²) in [4.78, 5) is 14.8. The Bertz CT molecular complexity index is 420. The van der Waals surface area contributed by atoms with Crippen molar-refractivity contribution in [1.82, 2.24) is 10.2 Å². The topological polar surface area (TPSA) is 52.6 Å². The van der Waals surface area contributed by atoms with Gasteiger partial charge < -0.3 is 15.3 Å². The van der Waals surface area contributed by atoms with Crippen molar-refractivity contribution in [3.05, 3.63) is 21.9 Å². The van der Waals surface area contributed by atoms with Gasteiger partial charge in [-0.25, -0.2) is 4.79 Å². The van der Waals surface area contributed by atoms with Crippen molar-refractivity contribution in [3.8, 4) is 0 Å².